The number of nitriles is 1. The molecule has 0 N–H and O–H groups in total. The molecule has 0 radical (unpaired) electrons. The van der Waals surface area contributed by atoms with Gasteiger partial charge in [-0.25, -0.2) is 4.98 Å². The minimum Gasteiger partial charge on any atom is -0.383 e. The number of hydrogen-bond donors (Lipinski definition) is 0. The first-order valence-corrected chi connectivity index (χ1v) is 8.00. The van der Waals surface area contributed by atoms with Gasteiger partial charge in [-0.05, 0) is 18.6 Å². The molecule has 0 aliphatic carbocycles. The van der Waals surface area contributed by atoms with E-state index in [2.05, 4.69) is 15.9 Å². The Morgan fingerprint density at radius 1 is 1.22 bits per heavy atom. The topological polar surface area (TPSA) is 52.4 Å². The first kappa shape index (κ1) is 15.7. The number of benzene rings is 1. The molecule has 23 heavy (non-hydrogen) atoms. The van der Waals surface area contributed by atoms with Crippen LogP contribution >= 0.6 is 0 Å². The summed E-state index contributed by atoms with van der Waals surface area (Å²) in [7, 11) is 1.73. The van der Waals surface area contributed by atoms with Gasteiger partial charge in [0.05, 0.1) is 17.7 Å². The van der Waals surface area contributed by atoms with Crippen molar-refractivity contribution in [2.75, 3.05) is 51.3 Å². The SMILES string of the molecule is COCCN1CCN(c2nc3ccccc3c(C)c2C#N)CC1. The fraction of sp³-hybridized carbons (Fsp3) is 0.444. The molecule has 3 rings (SSSR count). The van der Waals surface area contributed by atoms with Gasteiger partial charge >= 0.3 is 0 Å². The number of aryl methyl sites for hydroxylation is 1. The molecular weight excluding hydrogens is 288 g/mol. The summed E-state index contributed by atoms with van der Waals surface area (Å²) >= 11 is 0. The summed E-state index contributed by atoms with van der Waals surface area (Å²) < 4.78 is 5.15. The molecule has 5 nitrogen and oxygen atoms in total. The second-order valence-corrected chi connectivity index (χ2v) is 5.89. The van der Waals surface area contributed by atoms with Crippen LogP contribution in [0.15, 0.2) is 24.3 Å². The molecule has 2 aromatic rings. The van der Waals surface area contributed by atoms with E-state index in [9.17, 15) is 5.26 Å². The highest BCUT2D eigenvalue weighted by molar-refractivity contribution is 5.87. The Bertz CT molecular complexity index is 730. The predicted molar refractivity (Wildman–Crippen MR) is 91.7 cm³/mol. The van der Waals surface area contributed by atoms with Crippen molar-refractivity contribution >= 4 is 16.7 Å². The number of anilines is 1. The summed E-state index contributed by atoms with van der Waals surface area (Å²) in [6.45, 7) is 7.47. The van der Waals surface area contributed by atoms with Crippen molar-refractivity contribution in [3.63, 3.8) is 0 Å². The molecule has 0 spiro atoms. The number of methoxy groups -OCH3 is 1. The van der Waals surface area contributed by atoms with Gasteiger partial charge in [0.1, 0.15) is 11.9 Å². The molecule has 1 aliphatic rings. The molecule has 0 amide bonds. The lowest BCUT2D eigenvalue weighted by molar-refractivity contribution is 0.144. The summed E-state index contributed by atoms with van der Waals surface area (Å²) in [5, 5.41) is 10.7. The van der Waals surface area contributed by atoms with Crippen molar-refractivity contribution in [1.82, 2.24) is 9.88 Å². The van der Waals surface area contributed by atoms with Crippen molar-refractivity contribution < 1.29 is 4.74 Å². The quantitative estimate of drug-likeness (QED) is 0.866. The van der Waals surface area contributed by atoms with Crippen molar-refractivity contribution in [2.24, 2.45) is 0 Å². The summed E-state index contributed by atoms with van der Waals surface area (Å²) in [6.07, 6.45) is 0. The Morgan fingerprint density at radius 2 is 1.96 bits per heavy atom. The number of nitrogens with zero attached hydrogens (tertiary/aromatic N) is 4. The first-order chi connectivity index (χ1) is 11.2. The van der Waals surface area contributed by atoms with Crippen LogP contribution in [0.2, 0.25) is 0 Å². The van der Waals surface area contributed by atoms with Gasteiger partial charge < -0.3 is 9.64 Å². The lowest BCUT2D eigenvalue weighted by atomic mass is 10.0. The highest BCUT2D eigenvalue weighted by atomic mass is 16.5. The minimum absolute atomic E-state index is 0.703. The highest BCUT2D eigenvalue weighted by Gasteiger charge is 2.22. The van der Waals surface area contributed by atoms with Gasteiger partial charge in [0.15, 0.2) is 0 Å². The van der Waals surface area contributed by atoms with Gasteiger partial charge in [-0.2, -0.15) is 5.26 Å². The van der Waals surface area contributed by atoms with Crippen LogP contribution in [0.3, 0.4) is 0 Å². The lowest BCUT2D eigenvalue weighted by Gasteiger charge is -2.35. The molecule has 0 bridgehead atoms. The van der Waals surface area contributed by atoms with Crippen LogP contribution in [0, 0.1) is 18.3 Å². The molecule has 0 saturated carbocycles. The predicted octanol–water partition coefficient (Wildman–Crippen LogP) is 2.18. The van der Waals surface area contributed by atoms with Crippen LogP contribution in [0.25, 0.3) is 10.9 Å². The number of pyridine rings is 1. The molecule has 1 aromatic carbocycles. The average molecular weight is 310 g/mol. The normalized spacial score (nSPS) is 15.8. The number of aromatic nitrogens is 1. The molecule has 1 aromatic heterocycles. The largest absolute Gasteiger partial charge is 0.383 e. The minimum atomic E-state index is 0.703. The van der Waals surface area contributed by atoms with E-state index in [1.165, 1.54) is 0 Å². The average Bonchev–Trinajstić information content (AvgIpc) is 2.60. The standard InChI is InChI=1S/C18H22N4O/c1-14-15-5-3-4-6-17(15)20-18(16(14)13-19)22-9-7-21(8-10-22)11-12-23-2/h3-6H,7-12H2,1-2H3. The monoisotopic (exact) mass is 310 g/mol. The van der Waals surface area contributed by atoms with Crippen LogP contribution in [0.1, 0.15) is 11.1 Å². The fourth-order valence-electron chi connectivity index (χ4n) is 3.13. The Hall–Kier alpha value is -2.16. The maximum atomic E-state index is 9.61. The molecular formula is C18H22N4O. The molecule has 1 fully saturated rings. The molecule has 120 valence electrons. The lowest BCUT2D eigenvalue weighted by Crippen LogP contribution is -2.47. The molecule has 0 atom stereocenters. The number of fused-ring (bicyclic) bond motifs is 1. The summed E-state index contributed by atoms with van der Waals surface area (Å²) in [6, 6.07) is 10.4. The third-order valence-corrected chi connectivity index (χ3v) is 4.53. The van der Waals surface area contributed by atoms with Crippen LogP contribution in [-0.2, 0) is 4.74 Å². The van der Waals surface area contributed by atoms with Crippen LogP contribution in [0.5, 0.6) is 0 Å². The van der Waals surface area contributed by atoms with Crippen LogP contribution in [-0.4, -0.2) is 56.3 Å². The van der Waals surface area contributed by atoms with E-state index in [4.69, 9.17) is 9.72 Å². The maximum absolute atomic E-state index is 9.61. The number of piperazine rings is 1. The van der Waals surface area contributed by atoms with Gasteiger partial charge in [-0.3, -0.25) is 4.90 Å². The molecule has 1 saturated heterocycles. The molecule has 2 heterocycles. The van der Waals surface area contributed by atoms with Crippen molar-refractivity contribution in [3.8, 4) is 6.07 Å². The van der Waals surface area contributed by atoms with Crippen LogP contribution in [0.4, 0.5) is 5.82 Å². The Morgan fingerprint density at radius 3 is 2.65 bits per heavy atom. The Balaban J connectivity index is 1.87. The van der Waals surface area contributed by atoms with Gasteiger partial charge in [0.25, 0.3) is 0 Å². The number of ether oxygens (including phenoxy) is 1. The van der Waals surface area contributed by atoms with Crippen molar-refractivity contribution in [3.05, 3.63) is 35.4 Å². The van der Waals surface area contributed by atoms with E-state index >= 15 is 0 Å². The number of hydrogen-bond acceptors (Lipinski definition) is 5. The van der Waals surface area contributed by atoms with E-state index in [1.54, 1.807) is 7.11 Å². The number of para-hydroxylation sites is 1. The fourth-order valence-corrected chi connectivity index (χ4v) is 3.13. The van der Waals surface area contributed by atoms with Crippen molar-refractivity contribution in [1.29, 1.82) is 5.26 Å². The van der Waals surface area contributed by atoms with E-state index in [-0.39, 0.29) is 0 Å². The molecule has 0 unspecified atom stereocenters. The molecule has 5 heteroatoms. The smallest absolute Gasteiger partial charge is 0.147 e. The van der Waals surface area contributed by atoms with Crippen molar-refractivity contribution in [2.45, 2.75) is 6.92 Å². The van der Waals surface area contributed by atoms with E-state index < -0.39 is 0 Å². The zero-order valence-corrected chi connectivity index (χ0v) is 13.7. The summed E-state index contributed by atoms with van der Waals surface area (Å²) in [5.41, 5.74) is 2.68. The number of rotatable bonds is 4. The van der Waals surface area contributed by atoms with Gasteiger partial charge in [0, 0.05) is 45.2 Å². The second kappa shape index (κ2) is 6.95. The maximum Gasteiger partial charge on any atom is 0.147 e. The Kier molecular flexibility index (Phi) is 4.75. The van der Waals surface area contributed by atoms with E-state index in [0.29, 0.717) is 5.56 Å². The third-order valence-electron chi connectivity index (χ3n) is 4.53. The van der Waals surface area contributed by atoms with E-state index in [1.807, 2.05) is 31.2 Å². The second-order valence-electron chi connectivity index (χ2n) is 5.89. The van der Waals surface area contributed by atoms with Crippen LogP contribution < -0.4 is 4.90 Å². The molecule has 1 aliphatic heterocycles. The highest BCUT2D eigenvalue weighted by Crippen LogP contribution is 2.28. The first-order valence-electron chi connectivity index (χ1n) is 8.00. The zero-order valence-electron chi connectivity index (χ0n) is 13.7. The Labute approximate surface area is 137 Å². The van der Waals surface area contributed by atoms with Gasteiger partial charge in [-0.1, -0.05) is 18.2 Å². The zero-order chi connectivity index (χ0) is 16.2. The summed E-state index contributed by atoms with van der Waals surface area (Å²) in [5.74, 6) is 0.829. The summed E-state index contributed by atoms with van der Waals surface area (Å²) in [4.78, 5) is 9.40. The van der Waals surface area contributed by atoms with Gasteiger partial charge in [0.2, 0.25) is 0 Å². The van der Waals surface area contributed by atoms with E-state index in [0.717, 1.165) is 61.6 Å². The van der Waals surface area contributed by atoms with Gasteiger partial charge in [-0.15, -0.1) is 0 Å². The third kappa shape index (κ3) is 3.14.